The second-order valence-corrected chi connectivity index (χ2v) is 6.04. The molecule has 0 amide bonds. The predicted octanol–water partition coefficient (Wildman–Crippen LogP) is 1.49. The van der Waals surface area contributed by atoms with E-state index in [9.17, 15) is 4.79 Å². The number of hydrogen-bond acceptors (Lipinski definition) is 3. The van der Waals surface area contributed by atoms with Crippen LogP contribution in [0.3, 0.4) is 0 Å². The lowest BCUT2D eigenvalue weighted by atomic mass is 9.78. The fourth-order valence-corrected chi connectivity index (χ4v) is 3.78. The van der Waals surface area contributed by atoms with Gasteiger partial charge in [-0.05, 0) is 31.1 Å². The molecule has 2 atom stereocenters. The Kier molecular flexibility index (Phi) is 2.87. The first kappa shape index (κ1) is 11.5. The summed E-state index contributed by atoms with van der Waals surface area (Å²) in [6.45, 7) is 3.36. The van der Waals surface area contributed by atoms with Crippen molar-refractivity contribution in [2.45, 2.75) is 50.7 Å². The van der Waals surface area contributed by atoms with Crippen LogP contribution in [0, 0.1) is 5.41 Å². The third-order valence-corrected chi connectivity index (χ3v) is 4.63. The Bertz CT molecular complexity index is 304. The molecule has 3 fully saturated rings. The van der Waals surface area contributed by atoms with Gasteiger partial charge in [0.05, 0.1) is 6.10 Å². The average Bonchev–Trinajstić information content (AvgIpc) is 2.85. The van der Waals surface area contributed by atoms with Crippen LogP contribution < -0.4 is 0 Å². The Balaban J connectivity index is 1.43. The molecular weight excluding hydrogens is 218 g/mol. The Morgan fingerprint density at radius 2 is 2.00 bits per heavy atom. The monoisotopic (exact) mass is 239 g/mol. The maximum atomic E-state index is 10.8. The number of nitrogens with zero attached hydrogens (tertiary/aromatic N) is 1. The van der Waals surface area contributed by atoms with Crippen LogP contribution in [-0.2, 0) is 9.53 Å². The number of carbonyl (C=O) groups is 1. The van der Waals surface area contributed by atoms with Gasteiger partial charge in [0.1, 0.15) is 0 Å². The summed E-state index contributed by atoms with van der Waals surface area (Å²) in [4.78, 5) is 13.2. The molecule has 0 radical (unpaired) electrons. The molecule has 0 bridgehead atoms. The summed E-state index contributed by atoms with van der Waals surface area (Å²) in [5, 5.41) is 8.87. The maximum absolute atomic E-state index is 10.8. The molecule has 2 saturated heterocycles. The summed E-state index contributed by atoms with van der Waals surface area (Å²) in [5.41, 5.74) is 0.630. The minimum atomic E-state index is -0.802. The number of ether oxygens (including phenoxy) is 1. The second-order valence-electron chi connectivity index (χ2n) is 6.04. The Hall–Kier alpha value is -0.610. The summed E-state index contributed by atoms with van der Waals surface area (Å²) >= 11 is 0. The molecule has 96 valence electrons. The van der Waals surface area contributed by atoms with Crippen LogP contribution in [0.5, 0.6) is 0 Å². The Labute approximate surface area is 102 Å². The van der Waals surface area contributed by atoms with Crippen LogP contribution in [0.4, 0.5) is 0 Å². The fourth-order valence-electron chi connectivity index (χ4n) is 3.78. The molecule has 4 heteroatoms. The van der Waals surface area contributed by atoms with Crippen LogP contribution >= 0.6 is 0 Å². The highest BCUT2D eigenvalue weighted by Gasteiger charge is 2.45. The molecule has 1 spiro atoms. The van der Waals surface area contributed by atoms with E-state index in [0.717, 1.165) is 13.0 Å². The van der Waals surface area contributed by atoms with Crippen molar-refractivity contribution in [2.75, 3.05) is 19.6 Å². The topological polar surface area (TPSA) is 49.8 Å². The average molecular weight is 239 g/mol. The third kappa shape index (κ3) is 2.20. The van der Waals surface area contributed by atoms with Crippen molar-refractivity contribution in [3.8, 4) is 0 Å². The zero-order valence-corrected chi connectivity index (χ0v) is 10.2. The van der Waals surface area contributed by atoms with E-state index < -0.39 is 12.1 Å². The van der Waals surface area contributed by atoms with Crippen molar-refractivity contribution in [1.82, 2.24) is 4.90 Å². The first-order valence-corrected chi connectivity index (χ1v) is 6.78. The normalized spacial score (nSPS) is 36.2. The van der Waals surface area contributed by atoms with E-state index in [1.807, 2.05) is 0 Å². The number of carboxylic acid groups (broad SMARTS) is 1. The lowest BCUT2D eigenvalue weighted by molar-refractivity contribution is -0.150. The summed E-state index contributed by atoms with van der Waals surface area (Å²) in [6.07, 6.45) is 6.76. The van der Waals surface area contributed by atoms with E-state index >= 15 is 0 Å². The van der Waals surface area contributed by atoms with Gasteiger partial charge in [0.2, 0.25) is 0 Å². The summed E-state index contributed by atoms with van der Waals surface area (Å²) in [5.74, 6) is -0.802. The molecule has 17 heavy (non-hydrogen) atoms. The molecule has 4 nitrogen and oxygen atoms in total. The first-order chi connectivity index (χ1) is 8.17. The maximum Gasteiger partial charge on any atom is 0.332 e. The Morgan fingerprint density at radius 3 is 2.59 bits per heavy atom. The lowest BCUT2D eigenvalue weighted by Crippen LogP contribution is -2.56. The van der Waals surface area contributed by atoms with Gasteiger partial charge in [0.25, 0.3) is 0 Å². The fraction of sp³-hybridized carbons (Fsp3) is 0.923. The first-order valence-electron chi connectivity index (χ1n) is 6.78. The van der Waals surface area contributed by atoms with Gasteiger partial charge in [-0.3, -0.25) is 4.90 Å². The largest absolute Gasteiger partial charge is 0.479 e. The van der Waals surface area contributed by atoms with E-state index in [-0.39, 0.29) is 6.10 Å². The Morgan fingerprint density at radius 1 is 1.29 bits per heavy atom. The highest BCUT2D eigenvalue weighted by Crippen LogP contribution is 2.45. The summed E-state index contributed by atoms with van der Waals surface area (Å²) < 4.78 is 5.54. The van der Waals surface area contributed by atoms with Gasteiger partial charge in [-0.1, -0.05) is 12.8 Å². The van der Waals surface area contributed by atoms with E-state index in [2.05, 4.69) is 4.90 Å². The number of hydrogen-bond donors (Lipinski definition) is 1. The van der Waals surface area contributed by atoms with Crippen molar-refractivity contribution >= 4 is 5.97 Å². The van der Waals surface area contributed by atoms with Gasteiger partial charge >= 0.3 is 5.97 Å². The molecule has 0 aromatic heterocycles. The predicted molar refractivity (Wildman–Crippen MR) is 62.9 cm³/mol. The highest BCUT2D eigenvalue weighted by molar-refractivity contribution is 5.72. The molecule has 2 unspecified atom stereocenters. The molecule has 1 saturated carbocycles. The van der Waals surface area contributed by atoms with Crippen LogP contribution in [0.1, 0.15) is 38.5 Å². The minimum absolute atomic E-state index is 0.148. The molecule has 0 aromatic rings. The molecular formula is C13H21NO3. The second kappa shape index (κ2) is 4.25. The van der Waals surface area contributed by atoms with Gasteiger partial charge in [-0.15, -0.1) is 0 Å². The number of likely N-dealkylation sites (tertiary alicyclic amines) is 1. The zero-order valence-electron chi connectivity index (χ0n) is 10.2. The zero-order chi connectivity index (χ0) is 11.9. The van der Waals surface area contributed by atoms with Crippen molar-refractivity contribution in [3.63, 3.8) is 0 Å². The van der Waals surface area contributed by atoms with Crippen LogP contribution in [-0.4, -0.2) is 47.8 Å². The molecule has 3 aliphatic rings. The third-order valence-electron chi connectivity index (χ3n) is 4.63. The minimum Gasteiger partial charge on any atom is -0.479 e. The molecule has 1 aliphatic carbocycles. The quantitative estimate of drug-likeness (QED) is 0.810. The number of aliphatic carboxylic acids is 1. The highest BCUT2D eigenvalue weighted by atomic mass is 16.5. The summed E-state index contributed by atoms with van der Waals surface area (Å²) in [7, 11) is 0. The van der Waals surface area contributed by atoms with Crippen molar-refractivity contribution in [2.24, 2.45) is 5.41 Å². The van der Waals surface area contributed by atoms with Crippen LogP contribution in [0.15, 0.2) is 0 Å². The lowest BCUT2D eigenvalue weighted by Gasteiger charge is -2.49. The van der Waals surface area contributed by atoms with E-state index in [1.165, 1.54) is 38.8 Å². The van der Waals surface area contributed by atoms with Crippen LogP contribution in [0.25, 0.3) is 0 Å². The molecule has 1 N–H and O–H groups in total. The standard InChI is InChI=1S/C13H21NO3/c15-12(16)11-4-3-10(17-11)7-14-8-13(9-14)5-1-2-6-13/h10-11H,1-9H2,(H,15,16). The van der Waals surface area contributed by atoms with E-state index in [4.69, 9.17) is 9.84 Å². The van der Waals surface area contributed by atoms with Crippen molar-refractivity contribution in [1.29, 1.82) is 0 Å². The number of rotatable bonds is 3. The summed E-state index contributed by atoms with van der Waals surface area (Å²) in [6, 6.07) is 0. The number of carboxylic acids is 1. The van der Waals surface area contributed by atoms with E-state index in [1.54, 1.807) is 0 Å². The molecule has 3 rings (SSSR count). The SMILES string of the molecule is O=C(O)C1CCC(CN2CC3(CCCC3)C2)O1. The molecule has 2 heterocycles. The van der Waals surface area contributed by atoms with Crippen molar-refractivity contribution < 1.29 is 14.6 Å². The van der Waals surface area contributed by atoms with Gasteiger partial charge in [0, 0.05) is 19.6 Å². The van der Waals surface area contributed by atoms with Gasteiger partial charge < -0.3 is 9.84 Å². The van der Waals surface area contributed by atoms with Gasteiger partial charge in [-0.2, -0.15) is 0 Å². The molecule has 2 aliphatic heterocycles. The van der Waals surface area contributed by atoms with Gasteiger partial charge in [0.15, 0.2) is 6.10 Å². The van der Waals surface area contributed by atoms with Gasteiger partial charge in [-0.25, -0.2) is 4.79 Å². The van der Waals surface area contributed by atoms with E-state index in [0.29, 0.717) is 11.8 Å². The van der Waals surface area contributed by atoms with Crippen molar-refractivity contribution in [3.05, 3.63) is 0 Å². The molecule has 0 aromatic carbocycles. The smallest absolute Gasteiger partial charge is 0.332 e. The van der Waals surface area contributed by atoms with Crippen LogP contribution in [0.2, 0.25) is 0 Å².